The number of hydrogen-bond acceptors (Lipinski definition) is 3. The molecule has 0 amide bonds. The number of nitrogens with one attached hydrogen (secondary N) is 1. The number of fused-ring (bicyclic) bond motifs is 1. The summed E-state index contributed by atoms with van der Waals surface area (Å²) in [6.07, 6.45) is 2.20. The maximum atomic E-state index is 6.42. The topological polar surface area (TPSA) is 12.0 Å². The smallest absolute Gasteiger partial charge is 0.0544 e. The molecule has 1 aromatic heterocycles. The van der Waals surface area contributed by atoms with Crippen molar-refractivity contribution in [3.63, 3.8) is 0 Å². The molecule has 0 bridgehead atoms. The summed E-state index contributed by atoms with van der Waals surface area (Å²) in [5.74, 6) is 1.02. The number of thioether (sulfide) groups is 1. The van der Waals surface area contributed by atoms with Gasteiger partial charge in [-0.3, -0.25) is 0 Å². The summed E-state index contributed by atoms with van der Waals surface area (Å²) in [7, 11) is 0. The van der Waals surface area contributed by atoms with Gasteiger partial charge in [0.25, 0.3) is 0 Å². The van der Waals surface area contributed by atoms with Crippen LogP contribution in [-0.4, -0.2) is 13.1 Å². The second-order valence-electron chi connectivity index (χ2n) is 4.63. The normalized spacial score (nSPS) is 14.2. The third-order valence-corrected chi connectivity index (χ3v) is 6.07. The van der Waals surface area contributed by atoms with Gasteiger partial charge in [-0.1, -0.05) is 23.7 Å². The van der Waals surface area contributed by atoms with Crippen LogP contribution < -0.4 is 5.32 Å². The van der Waals surface area contributed by atoms with Crippen LogP contribution in [0.3, 0.4) is 0 Å². The molecule has 1 aliphatic rings. The molecule has 0 saturated heterocycles. The first kappa shape index (κ1) is 16.2. The van der Waals surface area contributed by atoms with Gasteiger partial charge in [-0.05, 0) is 54.6 Å². The van der Waals surface area contributed by atoms with E-state index in [1.807, 2.05) is 23.1 Å². The summed E-state index contributed by atoms with van der Waals surface area (Å²) in [6.45, 7) is 2.13. The van der Waals surface area contributed by atoms with Crippen LogP contribution in [0.1, 0.15) is 16.0 Å². The van der Waals surface area contributed by atoms with E-state index in [2.05, 4.69) is 35.0 Å². The highest BCUT2D eigenvalue weighted by Crippen LogP contribution is 2.36. The van der Waals surface area contributed by atoms with Crippen molar-refractivity contribution in [1.29, 1.82) is 0 Å². The van der Waals surface area contributed by atoms with E-state index in [9.17, 15) is 0 Å². The first-order valence-electron chi connectivity index (χ1n) is 6.51. The molecule has 20 heavy (non-hydrogen) atoms. The molecule has 1 nitrogen and oxygen atoms in total. The van der Waals surface area contributed by atoms with Gasteiger partial charge in [0.15, 0.2) is 0 Å². The van der Waals surface area contributed by atoms with E-state index < -0.39 is 0 Å². The van der Waals surface area contributed by atoms with Crippen LogP contribution in [-0.2, 0) is 18.6 Å². The van der Waals surface area contributed by atoms with Crippen molar-refractivity contribution in [2.75, 3.05) is 13.1 Å². The number of benzene rings is 1. The Balaban J connectivity index is 0.00000147. The number of thiophene rings is 1. The summed E-state index contributed by atoms with van der Waals surface area (Å²) in [6, 6.07) is 8.55. The van der Waals surface area contributed by atoms with Gasteiger partial charge < -0.3 is 5.32 Å². The molecule has 108 valence electrons. The minimum Gasteiger partial charge on any atom is -0.316 e. The van der Waals surface area contributed by atoms with Gasteiger partial charge >= 0.3 is 0 Å². The molecule has 0 saturated carbocycles. The van der Waals surface area contributed by atoms with E-state index in [1.54, 1.807) is 0 Å². The van der Waals surface area contributed by atoms with Gasteiger partial charge in [-0.2, -0.15) is 0 Å². The number of rotatable bonds is 3. The van der Waals surface area contributed by atoms with Crippen molar-refractivity contribution in [2.24, 2.45) is 0 Å². The Kier molecular flexibility index (Phi) is 6.24. The molecule has 0 unspecified atom stereocenters. The minimum absolute atomic E-state index is 0. The number of halogens is 2. The molecule has 0 spiro atoms. The van der Waals surface area contributed by atoms with Crippen molar-refractivity contribution in [2.45, 2.75) is 23.5 Å². The highest BCUT2D eigenvalue weighted by atomic mass is 35.5. The molecule has 3 rings (SSSR count). The lowest BCUT2D eigenvalue weighted by Gasteiger charge is -2.13. The Labute approximate surface area is 139 Å². The predicted molar refractivity (Wildman–Crippen MR) is 92.9 cm³/mol. The third kappa shape index (κ3) is 3.71. The highest BCUT2D eigenvalue weighted by molar-refractivity contribution is 7.98. The van der Waals surface area contributed by atoms with Gasteiger partial charge in [0, 0.05) is 15.5 Å². The lowest BCUT2D eigenvalue weighted by molar-refractivity contribution is 0.709. The largest absolute Gasteiger partial charge is 0.316 e. The van der Waals surface area contributed by atoms with Crippen molar-refractivity contribution in [1.82, 2.24) is 5.32 Å². The molecular formula is C15H17Cl2NS2. The highest BCUT2D eigenvalue weighted by Gasteiger charge is 2.15. The van der Waals surface area contributed by atoms with Crippen LogP contribution in [0.2, 0.25) is 5.02 Å². The van der Waals surface area contributed by atoms with E-state index in [-0.39, 0.29) is 12.4 Å². The second kappa shape index (κ2) is 7.71. The average Bonchev–Trinajstić information content (AvgIpc) is 2.82. The van der Waals surface area contributed by atoms with Crippen LogP contribution in [0.25, 0.3) is 0 Å². The fraction of sp³-hybridized carbons (Fsp3) is 0.333. The van der Waals surface area contributed by atoms with Crippen LogP contribution >= 0.6 is 47.1 Å². The van der Waals surface area contributed by atoms with Crippen molar-refractivity contribution in [3.05, 3.63) is 50.7 Å². The summed E-state index contributed by atoms with van der Waals surface area (Å²) in [5, 5.41) is 6.50. The SMILES string of the molecule is Cl.Clc1ccc2c(c1SCc1cccs1)CCNCC2. The zero-order valence-corrected chi connectivity index (χ0v) is 14.2. The van der Waals surface area contributed by atoms with Crippen LogP contribution in [0, 0.1) is 0 Å². The lowest BCUT2D eigenvalue weighted by atomic mass is 10.0. The average molecular weight is 346 g/mol. The fourth-order valence-electron chi connectivity index (χ4n) is 2.40. The Morgan fingerprint density at radius 2 is 2.05 bits per heavy atom. The zero-order chi connectivity index (χ0) is 13.1. The molecule has 0 aliphatic carbocycles. The van der Waals surface area contributed by atoms with Gasteiger partial charge in [0.2, 0.25) is 0 Å². The van der Waals surface area contributed by atoms with Gasteiger partial charge in [0.1, 0.15) is 0 Å². The maximum Gasteiger partial charge on any atom is 0.0544 e. The van der Waals surface area contributed by atoms with Gasteiger partial charge in [0.05, 0.1) is 5.02 Å². The minimum atomic E-state index is 0. The molecule has 0 radical (unpaired) electrons. The third-order valence-electron chi connectivity index (χ3n) is 3.37. The van der Waals surface area contributed by atoms with Crippen molar-refractivity contribution >= 4 is 47.1 Å². The maximum absolute atomic E-state index is 6.42. The Hall–Kier alpha value is -0.190. The van der Waals surface area contributed by atoms with Crippen molar-refractivity contribution in [3.8, 4) is 0 Å². The second-order valence-corrected chi connectivity index (χ2v) is 7.06. The van der Waals surface area contributed by atoms with Crippen LogP contribution in [0.5, 0.6) is 0 Å². The summed E-state index contributed by atoms with van der Waals surface area (Å²) in [4.78, 5) is 2.70. The predicted octanol–water partition coefficient (Wildman–Crippen LogP) is 4.80. The monoisotopic (exact) mass is 345 g/mol. The van der Waals surface area contributed by atoms with E-state index in [0.29, 0.717) is 0 Å². The molecular weight excluding hydrogens is 329 g/mol. The van der Waals surface area contributed by atoms with Crippen LogP contribution in [0.15, 0.2) is 34.5 Å². The summed E-state index contributed by atoms with van der Waals surface area (Å²) < 4.78 is 0. The molecule has 0 fully saturated rings. The summed E-state index contributed by atoms with van der Waals surface area (Å²) >= 11 is 10.1. The quantitative estimate of drug-likeness (QED) is 0.801. The van der Waals surface area contributed by atoms with E-state index in [1.165, 1.54) is 20.9 Å². The van der Waals surface area contributed by atoms with Gasteiger partial charge in [-0.15, -0.1) is 35.5 Å². The fourth-order valence-corrected chi connectivity index (χ4v) is 4.68. The van der Waals surface area contributed by atoms with Crippen molar-refractivity contribution < 1.29 is 0 Å². The molecule has 1 aliphatic heterocycles. The van der Waals surface area contributed by atoms with Gasteiger partial charge in [-0.25, -0.2) is 0 Å². The summed E-state index contributed by atoms with van der Waals surface area (Å²) in [5.41, 5.74) is 2.92. The first-order chi connectivity index (χ1) is 9.34. The Morgan fingerprint density at radius 3 is 2.85 bits per heavy atom. The first-order valence-corrected chi connectivity index (χ1v) is 8.75. The molecule has 5 heteroatoms. The van der Waals surface area contributed by atoms with Crippen LogP contribution in [0.4, 0.5) is 0 Å². The Bertz CT molecular complexity index is 555. The molecule has 2 aromatic rings. The van der Waals surface area contributed by atoms with E-state index >= 15 is 0 Å². The molecule has 0 atom stereocenters. The number of hydrogen-bond donors (Lipinski definition) is 1. The molecule has 2 heterocycles. The standard InChI is InChI=1S/C15H16ClNS2.ClH/c16-14-4-3-11-5-7-17-8-6-13(11)15(14)19-10-12-2-1-9-18-12;/h1-4,9,17H,5-8,10H2;1H. The zero-order valence-electron chi connectivity index (χ0n) is 11.0. The van der Waals surface area contributed by atoms with E-state index in [4.69, 9.17) is 11.6 Å². The Morgan fingerprint density at radius 1 is 1.20 bits per heavy atom. The molecule has 1 aromatic carbocycles. The lowest BCUT2D eigenvalue weighted by Crippen LogP contribution is -2.16. The van der Waals surface area contributed by atoms with E-state index in [0.717, 1.165) is 36.7 Å². The molecule has 1 N–H and O–H groups in total.